The maximum absolute atomic E-state index is 4.89. The van der Waals surface area contributed by atoms with E-state index in [1.54, 1.807) is 0 Å². The highest BCUT2D eigenvalue weighted by Crippen LogP contribution is 2.24. The molecule has 0 unspecified atom stereocenters. The van der Waals surface area contributed by atoms with Gasteiger partial charge < -0.3 is 5.32 Å². The van der Waals surface area contributed by atoms with Crippen LogP contribution in [0.5, 0.6) is 0 Å². The van der Waals surface area contributed by atoms with Gasteiger partial charge in [-0.15, -0.1) is 11.3 Å². The number of rotatable bonds is 6. The molecule has 4 heteroatoms. The third kappa shape index (κ3) is 4.03. The maximum Gasteiger partial charge on any atom is 0.107 e. The second-order valence-electron chi connectivity index (χ2n) is 6.18. The lowest BCUT2D eigenvalue weighted by Crippen LogP contribution is -2.23. The zero-order valence-corrected chi connectivity index (χ0v) is 13.5. The molecule has 0 bridgehead atoms. The lowest BCUT2D eigenvalue weighted by atomic mass is 10.2. The van der Waals surface area contributed by atoms with Crippen LogP contribution < -0.4 is 5.32 Å². The number of nitrogens with zero attached hydrogens (tertiary/aromatic N) is 2. The van der Waals surface area contributed by atoms with Crippen molar-refractivity contribution in [3.8, 4) is 0 Å². The molecule has 3 rings (SSSR count). The third-order valence-corrected chi connectivity index (χ3v) is 5.43. The van der Waals surface area contributed by atoms with E-state index in [4.69, 9.17) is 4.98 Å². The topological polar surface area (TPSA) is 28.2 Å². The molecule has 1 aliphatic heterocycles. The second-order valence-corrected chi connectivity index (χ2v) is 7.34. The van der Waals surface area contributed by atoms with Gasteiger partial charge in [0, 0.05) is 17.5 Å². The fourth-order valence-electron chi connectivity index (χ4n) is 2.93. The quantitative estimate of drug-likeness (QED) is 0.872. The molecule has 1 aliphatic carbocycles. The molecule has 1 saturated carbocycles. The lowest BCUT2D eigenvalue weighted by Gasteiger charge is -2.17. The zero-order chi connectivity index (χ0) is 13.8. The molecule has 3 nitrogen and oxygen atoms in total. The number of aromatic nitrogens is 1. The Bertz CT molecular complexity index is 417. The zero-order valence-electron chi connectivity index (χ0n) is 12.7. The Morgan fingerprint density at radius 3 is 2.60 bits per heavy atom. The van der Waals surface area contributed by atoms with E-state index >= 15 is 0 Å². The van der Waals surface area contributed by atoms with E-state index < -0.39 is 0 Å². The Labute approximate surface area is 126 Å². The molecule has 2 heterocycles. The van der Waals surface area contributed by atoms with Gasteiger partial charge in [0.25, 0.3) is 0 Å². The molecule has 2 aliphatic rings. The van der Waals surface area contributed by atoms with Crippen molar-refractivity contribution in [2.75, 3.05) is 13.1 Å². The first-order chi connectivity index (χ1) is 9.85. The number of likely N-dealkylation sites (tertiary alicyclic amines) is 1. The Morgan fingerprint density at radius 1 is 1.20 bits per heavy atom. The standard InChI is InChI=1S/C16H27N3S/c1-2-14-15(11-17-13-7-8-13)20-16(18-14)12-19-9-5-3-4-6-10-19/h13,17H,2-12H2,1H3. The molecule has 0 aromatic carbocycles. The highest BCUT2D eigenvalue weighted by atomic mass is 32.1. The van der Waals surface area contributed by atoms with Crippen LogP contribution in [0.25, 0.3) is 0 Å². The molecule has 0 spiro atoms. The average molecular weight is 293 g/mol. The summed E-state index contributed by atoms with van der Waals surface area (Å²) in [7, 11) is 0. The summed E-state index contributed by atoms with van der Waals surface area (Å²) < 4.78 is 0. The van der Waals surface area contributed by atoms with Gasteiger partial charge in [0.2, 0.25) is 0 Å². The Morgan fingerprint density at radius 2 is 1.95 bits per heavy atom. The summed E-state index contributed by atoms with van der Waals surface area (Å²) in [5, 5.41) is 4.96. The van der Waals surface area contributed by atoms with E-state index in [1.165, 1.54) is 67.2 Å². The smallest absolute Gasteiger partial charge is 0.107 e. The minimum Gasteiger partial charge on any atom is -0.309 e. The summed E-state index contributed by atoms with van der Waals surface area (Å²) in [6.45, 7) is 6.85. The summed E-state index contributed by atoms with van der Waals surface area (Å²) in [5.41, 5.74) is 1.33. The number of hydrogen-bond acceptors (Lipinski definition) is 4. The molecule has 112 valence electrons. The van der Waals surface area contributed by atoms with Gasteiger partial charge >= 0.3 is 0 Å². The van der Waals surface area contributed by atoms with Gasteiger partial charge in [-0.1, -0.05) is 19.8 Å². The second kappa shape index (κ2) is 7.01. The van der Waals surface area contributed by atoms with Gasteiger partial charge in [-0.25, -0.2) is 4.98 Å². The van der Waals surface area contributed by atoms with Gasteiger partial charge in [-0.05, 0) is 45.2 Å². The van der Waals surface area contributed by atoms with Crippen molar-refractivity contribution in [3.63, 3.8) is 0 Å². The van der Waals surface area contributed by atoms with Crippen LogP contribution in [0.4, 0.5) is 0 Å². The SMILES string of the molecule is CCc1nc(CN2CCCCCC2)sc1CNC1CC1. The van der Waals surface area contributed by atoms with E-state index in [0.717, 1.165) is 25.6 Å². The van der Waals surface area contributed by atoms with Crippen molar-refractivity contribution in [1.29, 1.82) is 0 Å². The van der Waals surface area contributed by atoms with Gasteiger partial charge in [0.15, 0.2) is 0 Å². The van der Waals surface area contributed by atoms with Crippen molar-refractivity contribution >= 4 is 11.3 Å². The molecule has 20 heavy (non-hydrogen) atoms. The maximum atomic E-state index is 4.89. The number of thiazole rings is 1. The van der Waals surface area contributed by atoms with Crippen molar-refractivity contribution < 1.29 is 0 Å². The predicted molar refractivity (Wildman–Crippen MR) is 85.1 cm³/mol. The first-order valence-corrected chi connectivity index (χ1v) is 9.10. The molecule has 1 aromatic heterocycles. The van der Waals surface area contributed by atoms with Crippen molar-refractivity contribution in [1.82, 2.24) is 15.2 Å². The van der Waals surface area contributed by atoms with Crippen molar-refractivity contribution in [2.24, 2.45) is 0 Å². The summed E-state index contributed by atoms with van der Waals surface area (Å²) in [6.07, 6.45) is 9.33. The van der Waals surface area contributed by atoms with Crippen LogP contribution in [0.3, 0.4) is 0 Å². The largest absolute Gasteiger partial charge is 0.309 e. The van der Waals surface area contributed by atoms with Crippen LogP contribution in [0, 0.1) is 0 Å². The highest BCUT2D eigenvalue weighted by molar-refractivity contribution is 7.11. The van der Waals surface area contributed by atoms with Crippen LogP contribution in [-0.4, -0.2) is 29.0 Å². The molecule has 1 aromatic rings. The molecule has 0 atom stereocenters. The Hall–Kier alpha value is -0.450. The minimum absolute atomic E-state index is 0.788. The summed E-state index contributed by atoms with van der Waals surface area (Å²) in [6, 6.07) is 0.788. The summed E-state index contributed by atoms with van der Waals surface area (Å²) in [4.78, 5) is 8.97. The number of hydrogen-bond donors (Lipinski definition) is 1. The highest BCUT2D eigenvalue weighted by Gasteiger charge is 2.21. The fourth-order valence-corrected chi connectivity index (χ4v) is 4.08. The van der Waals surface area contributed by atoms with Crippen LogP contribution >= 0.6 is 11.3 Å². The number of aryl methyl sites for hydroxylation is 1. The average Bonchev–Trinajstić information content (AvgIpc) is 3.23. The Balaban J connectivity index is 1.59. The minimum atomic E-state index is 0.788. The molecule has 0 amide bonds. The van der Waals surface area contributed by atoms with Gasteiger partial charge in [0.1, 0.15) is 5.01 Å². The fraction of sp³-hybridized carbons (Fsp3) is 0.812. The molecule has 0 radical (unpaired) electrons. The van der Waals surface area contributed by atoms with Crippen LogP contribution in [0.15, 0.2) is 0 Å². The van der Waals surface area contributed by atoms with E-state index in [1.807, 2.05) is 11.3 Å². The first kappa shape index (κ1) is 14.5. The van der Waals surface area contributed by atoms with Crippen molar-refractivity contribution in [3.05, 3.63) is 15.6 Å². The Kier molecular flexibility index (Phi) is 5.08. The van der Waals surface area contributed by atoms with E-state index in [-0.39, 0.29) is 0 Å². The monoisotopic (exact) mass is 293 g/mol. The van der Waals surface area contributed by atoms with E-state index in [2.05, 4.69) is 17.1 Å². The van der Waals surface area contributed by atoms with Gasteiger partial charge in [-0.3, -0.25) is 4.90 Å². The molecule has 1 saturated heterocycles. The van der Waals surface area contributed by atoms with Gasteiger partial charge in [-0.2, -0.15) is 0 Å². The summed E-state index contributed by atoms with van der Waals surface area (Å²) in [5.74, 6) is 0. The molecular formula is C16H27N3S. The molecule has 1 N–H and O–H groups in total. The molecule has 2 fully saturated rings. The first-order valence-electron chi connectivity index (χ1n) is 8.28. The third-order valence-electron chi connectivity index (χ3n) is 4.34. The number of nitrogens with one attached hydrogen (secondary N) is 1. The van der Waals surface area contributed by atoms with Crippen molar-refractivity contribution in [2.45, 2.75) is 71.0 Å². The van der Waals surface area contributed by atoms with Crippen LogP contribution in [0.1, 0.15) is 61.0 Å². The van der Waals surface area contributed by atoms with Crippen LogP contribution in [-0.2, 0) is 19.5 Å². The lowest BCUT2D eigenvalue weighted by molar-refractivity contribution is 0.276. The summed E-state index contributed by atoms with van der Waals surface area (Å²) >= 11 is 1.94. The van der Waals surface area contributed by atoms with E-state index in [9.17, 15) is 0 Å². The van der Waals surface area contributed by atoms with Crippen LogP contribution in [0.2, 0.25) is 0 Å². The van der Waals surface area contributed by atoms with E-state index in [0.29, 0.717) is 0 Å². The predicted octanol–water partition coefficient (Wildman–Crippen LogP) is 3.33. The van der Waals surface area contributed by atoms with Gasteiger partial charge in [0.05, 0.1) is 12.2 Å². The molecular weight excluding hydrogens is 266 g/mol. The normalized spacial score (nSPS) is 21.1.